The third-order valence-corrected chi connectivity index (χ3v) is 2.25. The van der Waals surface area contributed by atoms with E-state index in [0.717, 1.165) is 0 Å². The van der Waals surface area contributed by atoms with Gasteiger partial charge >= 0.3 is 0 Å². The number of furan rings is 1. The summed E-state index contributed by atoms with van der Waals surface area (Å²) >= 11 is 0. The molecule has 0 saturated carbocycles. The summed E-state index contributed by atoms with van der Waals surface area (Å²) in [6, 6.07) is 3.29. The van der Waals surface area contributed by atoms with E-state index in [1.807, 2.05) is 0 Å². The average molecular weight is 181 g/mol. The Hall–Kier alpha value is -1.13. The van der Waals surface area contributed by atoms with Crippen molar-refractivity contribution in [2.45, 2.75) is 12.0 Å². The summed E-state index contributed by atoms with van der Waals surface area (Å²) in [5.74, 6) is 0.142. The van der Waals surface area contributed by atoms with Gasteiger partial charge in [0.2, 0.25) is 5.78 Å². The van der Waals surface area contributed by atoms with Gasteiger partial charge in [0.1, 0.15) is 5.54 Å². The Kier molecular flexibility index (Phi) is 1.94. The predicted molar refractivity (Wildman–Crippen MR) is 45.4 cm³/mol. The van der Waals surface area contributed by atoms with Gasteiger partial charge in [-0.15, -0.1) is 0 Å². The van der Waals surface area contributed by atoms with Gasteiger partial charge in [-0.3, -0.25) is 4.79 Å². The third-order valence-electron chi connectivity index (χ3n) is 2.25. The van der Waals surface area contributed by atoms with Crippen molar-refractivity contribution in [3.8, 4) is 0 Å². The highest BCUT2D eigenvalue weighted by molar-refractivity contribution is 6.01. The van der Waals surface area contributed by atoms with Crippen molar-refractivity contribution >= 4 is 5.78 Å². The number of hydrogen-bond acceptors (Lipinski definition) is 4. The summed E-state index contributed by atoms with van der Waals surface area (Å²) in [6.45, 7) is 0.829. The summed E-state index contributed by atoms with van der Waals surface area (Å²) < 4.78 is 10.1. The number of rotatable bonds is 2. The first-order chi connectivity index (χ1) is 6.22. The number of Topliss-reactive ketones (excluding diaryl/α,β-unsaturated/α-hetero) is 1. The van der Waals surface area contributed by atoms with Crippen LogP contribution in [0.5, 0.6) is 0 Å². The summed E-state index contributed by atoms with van der Waals surface area (Å²) in [6.07, 6.45) is 2.03. The largest absolute Gasteiger partial charge is 0.461 e. The predicted octanol–water partition coefficient (Wildman–Crippen LogP) is 0.580. The molecule has 4 heteroatoms. The van der Waals surface area contributed by atoms with Gasteiger partial charge in [0.15, 0.2) is 5.76 Å². The average Bonchev–Trinajstić information content (AvgIpc) is 2.73. The van der Waals surface area contributed by atoms with Gasteiger partial charge in [-0.1, -0.05) is 0 Å². The van der Waals surface area contributed by atoms with Crippen LogP contribution in [-0.4, -0.2) is 24.5 Å². The highest BCUT2D eigenvalue weighted by Crippen LogP contribution is 2.20. The van der Waals surface area contributed by atoms with Gasteiger partial charge in [-0.25, -0.2) is 0 Å². The number of carbonyl (C=O) groups excluding carboxylic acids is 1. The Morgan fingerprint density at radius 3 is 3.00 bits per heavy atom. The maximum absolute atomic E-state index is 11.7. The highest BCUT2D eigenvalue weighted by Gasteiger charge is 2.39. The van der Waals surface area contributed by atoms with Crippen molar-refractivity contribution in [3.05, 3.63) is 24.2 Å². The minimum atomic E-state index is -0.877. The second-order valence-electron chi connectivity index (χ2n) is 3.27. The van der Waals surface area contributed by atoms with Crippen molar-refractivity contribution in [2.24, 2.45) is 5.73 Å². The molecular weight excluding hydrogens is 170 g/mol. The summed E-state index contributed by atoms with van der Waals surface area (Å²) in [5.41, 5.74) is 4.98. The van der Waals surface area contributed by atoms with Crippen LogP contribution >= 0.6 is 0 Å². The van der Waals surface area contributed by atoms with Gasteiger partial charge in [0.25, 0.3) is 0 Å². The minimum Gasteiger partial charge on any atom is -0.461 e. The van der Waals surface area contributed by atoms with E-state index in [-0.39, 0.29) is 12.4 Å². The fraction of sp³-hybridized carbons (Fsp3) is 0.444. The lowest BCUT2D eigenvalue weighted by Crippen LogP contribution is -2.48. The molecule has 2 rings (SSSR count). The van der Waals surface area contributed by atoms with Crippen LogP contribution in [0, 0.1) is 0 Å². The zero-order valence-electron chi connectivity index (χ0n) is 7.16. The van der Waals surface area contributed by atoms with Gasteiger partial charge in [0.05, 0.1) is 12.9 Å². The maximum Gasteiger partial charge on any atom is 0.220 e. The fourth-order valence-corrected chi connectivity index (χ4v) is 1.41. The zero-order chi connectivity index (χ0) is 9.31. The van der Waals surface area contributed by atoms with E-state index in [1.165, 1.54) is 6.26 Å². The van der Waals surface area contributed by atoms with Gasteiger partial charge in [-0.2, -0.15) is 0 Å². The van der Waals surface area contributed by atoms with Crippen molar-refractivity contribution in [2.75, 3.05) is 13.2 Å². The normalized spacial score (nSPS) is 27.8. The van der Waals surface area contributed by atoms with Crippen molar-refractivity contribution in [1.29, 1.82) is 0 Å². The molecule has 13 heavy (non-hydrogen) atoms. The minimum absolute atomic E-state index is 0.171. The molecule has 1 aromatic heterocycles. The fourth-order valence-electron chi connectivity index (χ4n) is 1.41. The molecule has 0 spiro atoms. The zero-order valence-corrected chi connectivity index (χ0v) is 7.16. The van der Waals surface area contributed by atoms with Gasteiger partial charge in [0, 0.05) is 6.61 Å². The molecule has 70 valence electrons. The Labute approximate surface area is 75.7 Å². The summed E-state index contributed by atoms with van der Waals surface area (Å²) in [5, 5.41) is 0. The molecule has 1 atom stereocenters. The van der Waals surface area contributed by atoms with Crippen LogP contribution in [0.1, 0.15) is 17.0 Å². The summed E-state index contributed by atoms with van der Waals surface area (Å²) in [4.78, 5) is 11.7. The quantitative estimate of drug-likeness (QED) is 0.678. The molecule has 1 aromatic rings. The number of hydrogen-bond donors (Lipinski definition) is 1. The van der Waals surface area contributed by atoms with Crippen molar-refractivity contribution in [1.82, 2.24) is 0 Å². The molecule has 1 fully saturated rings. The van der Waals surface area contributed by atoms with E-state index < -0.39 is 5.54 Å². The van der Waals surface area contributed by atoms with Crippen molar-refractivity contribution < 1.29 is 13.9 Å². The molecule has 0 aliphatic carbocycles. The second-order valence-corrected chi connectivity index (χ2v) is 3.27. The lowest BCUT2D eigenvalue weighted by molar-refractivity contribution is 0.0834. The van der Waals surface area contributed by atoms with E-state index >= 15 is 0 Å². The molecule has 2 heterocycles. The third kappa shape index (κ3) is 1.38. The van der Waals surface area contributed by atoms with E-state index in [0.29, 0.717) is 18.8 Å². The van der Waals surface area contributed by atoms with Crippen LogP contribution in [0.3, 0.4) is 0 Å². The van der Waals surface area contributed by atoms with Crippen LogP contribution < -0.4 is 5.73 Å². The summed E-state index contributed by atoms with van der Waals surface area (Å²) in [7, 11) is 0. The van der Waals surface area contributed by atoms with Crippen LogP contribution in [0.25, 0.3) is 0 Å². The molecule has 1 saturated heterocycles. The maximum atomic E-state index is 11.7. The molecule has 2 N–H and O–H groups in total. The molecule has 0 aromatic carbocycles. The Morgan fingerprint density at radius 2 is 2.46 bits per heavy atom. The number of carbonyl (C=O) groups is 1. The van der Waals surface area contributed by atoms with E-state index in [2.05, 4.69) is 0 Å². The van der Waals surface area contributed by atoms with Crippen molar-refractivity contribution in [3.63, 3.8) is 0 Å². The first-order valence-electron chi connectivity index (χ1n) is 4.17. The Morgan fingerprint density at radius 1 is 1.62 bits per heavy atom. The molecule has 0 bridgehead atoms. The van der Waals surface area contributed by atoms with Crippen LogP contribution in [0.2, 0.25) is 0 Å². The lowest BCUT2D eigenvalue weighted by atomic mass is 9.93. The number of nitrogens with two attached hydrogens (primary N) is 1. The van der Waals surface area contributed by atoms with E-state index in [1.54, 1.807) is 12.1 Å². The standard InChI is InChI=1S/C9H11NO3/c10-9(3-5-12-6-9)8(11)7-2-1-4-13-7/h1-2,4H,3,5-6,10H2. The molecule has 1 aliphatic heterocycles. The smallest absolute Gasteiger partial charge is 0.220 e. The number of ketones is 1. The van der Waals surface area contributed by atoms with E-state index in [9.17, 15) is 4.79 Å². The molecule has 1 aliphatic rings. The topological polar surface area (TPSA) is 65.5 Å². The molecule has 0 radical (unpaired) electrons. The first kappa shape index (κ1) is 8.47. The molecule has 0 amide bonds. The van der Waals surface area contributed by atoms with Gasteiger partial charge in [-0.05, 0) is 18.6 Å². The van der Waals surface area contributed by atoms with Gasteiger partial charge < -0.3 is 14.9 Å². The van der Waals surface area contributed by atoms with Crippen LogP contribution in [0.15, 0.2) is 22.8 Å². The highest BCUT2D eigenvalue weighted by atomic mass is 16.5. The SMILES string of the molecule is NC1(C(=O)c2ccco2)CCOC1. The lowest BCUT2D eigenvalue weighted by Gasteiger charge is -2.17. The monoisotopic (exact) mass is 181 g/mol. The Bertz CT molecular complexity index is 299. The van der Waals surface area contributed by atoms with E-state index in [4.69, 9.17) is 14.9 Å². The molecular formula is C9H11NO3. The Balaban J connectivity index is 2.21. The first-order valence-corrected chi connectivity index (χ1v) is 4.17. The van der Waals surface area contributed by atoms with Crippen LogP contribution in [0.4, 0.5) is 0 Å². The number of ether oxygens (including phenoxy) is 1. The molecule has 4 nitrogen and oxygen atoms in total. The molecule has 1 unspecified atom stereocenters. The second kappa shape index (κ2) is 2.97. The van der Waals surface area contributed by atoms with Crippen LogP contribution in [-0.2, 0) is 4.74 Å².